The summed E-state index contributed by atoms with van der Waals surface area (Å²) in [7, 11) is 0. The minimum absolute atomic E-state index is 0.00799. The molecule has 0 spiro atoms. The normalized spacial score (nSPS) is 15.3. The molecule has 0 saturated carbocycles. The maximum absolute atomic E-state index is 4.44. The highest BCUT2D eigenvalue weighted by atomic mass is 32.1. The van der Waals surface area contributed by atoms with Crippen molar-refractivity contribution in [3.63, 3.8) is 0 Å². The predicted molar refractivity (Wildman–Crippen MR) is 56.3 cm³/mol. The lowest BCUT2D eigenvalue weighted by atomic mass is 10.0. The zero-order valence-corrected chi connectivity index (χ0v) is 8.62. The second-order valence-electron chi connectivity index (χ2n) is 3.38. The molecule has 0 amide bonds. The topological polar surface area (TPSA) is 0 Å². The zero-order valence-electron chi connectivity index (χ0n) is 7.72. The van der Waals surface area contributed by atoms with E-state index in [9.17, 15) is 0 Å². The zero-order chi connectivity index (χ0) is 8.91. The van der Waals surface area contributed by atoms with Crippen LogP contribution >= 0.6 is 12.6 Å². The molecule has 0 radical (unpaired) electrons. The van der Waals surface area contributed by atoms with Gasteiger partial charge in [0.2, 0.25) is 0 Å². The Labute approximate surface area is 75.8 Å². The molecule has 0 fully saturated rings. The molecule has 1 unspecified atom stereocenters. The first kappa shape index (κ1) is 10.8. The Balaban J connectivity index is 3.71. The van der Waals surface area contributed by atoms with Gasteiger partial charge in [0.25, 0.3) is 0 Å². The second kappa shape index (κ2) is 4.66. The van der Waals surface area contributed by atoms with E-state index in [0.717, 1.165) is 12.8 Å². The average molecular weight is 170 g/mol. The van der Waals surface area contributed by atoms with E-state index in [0.29, 0.717) is 0 Å². The van der Waals surface area contributed by atoms with Crippen LogP contribution in [0, 0.1) is 0 Å². The first-order chi connectivity index (χ1) is 4.98. The Morgan fingerprint density at radius 1 is 1.55 bits per heavy atom. The molecule has 1 atom stereocenters. The van der Waals surface area contributed by atoms with Gasteiger partial charge in [0.05, 0.1) is 0 Å². The van der Waals surface area contributed by atoms with Crippen LogP contribution in [0.4, 0.5) is 0 Å². The maximum Gasteiger partial charge on any atom is 0.0280 e. The van der Waals surface area contributed by atoms with Gasteiger partial charge in [0.1, 0.15) is 0 Å². The van der Waals surface area contributed by atoms with Gasteiger partial charge in [0.15, 0.2) is 0 Å². The summed E-state index contributed by atoms with van der Waals surface area (Å²) >= 11 is 4.44. The molecule has 0 saturated heterocycles. The molecule has 0 aromatic heterocycles. The molecular weight excluding hydrogens is 152 g/mol. The maximum atomic E-state index is 4.44. The van der Waals surface area contributed by atoms with Gasteiger partial charge >= 0.3 is 0 Å². The largest absolute Gasteiger partial charge is 0.169 e. The third-order valence-electron chi connectivity index (χ3n) is 1.64. The van der Waals surface area contributed by atoms with E-state index in [1.54, 1.807) is 0 Å². The molecule has 0 aromatic rings. The first-order valence-electron chi connectivity index (χ1n) is 3.97. The molecule has 0 nitrogen and oxygen atoms in total. The summed E-state index contributed by atoms with van der Waals surface area (Å²) in [6.07, 6.45) is 6.28. The molecule has 64 valence electrons. The summed E-state index contributed by atoms with van der Waals surface area (Å²) in [4.78, 5) is 0. The van der Waals surface area contributed by atoms with Crippen LogP contribution in [0.3, 0.4) is 0 Å². The molecule has 0 aliphatic carbocycles. The lowest BCUT2D eigenvalue weighted by Crippen LogP contribution is -2.10. The molecule has 0 heterocycles. The quantitative estimate of drug-likeness (QED) is 0.483. The summed E-state index contributed by atoms with van der Waals surface area (Å²) < 4.78 is -0.00799. The van der Waals surface area contributed by atoms with Crippen molar-refractivity contribution in [2.45, 2.75) is 38.4 Å². The highest BCUT2D eigenvalue weighted by Gasteiger charge is 2.11. The van der Waals surface area contributed by atoms with Gasteiger partial charge in [-0.15, -0.1) is 6.58 Å². The van der Waals surface area contributed by atoms with E-state index >= 15 is 0 Å². The van der Waals surface area contributed by atoms with Crippen molar-refractivity contribution in [1.29, 1.82) is 0 Å². The molecule has 0 N–H and O–H groups in total. The summed E-state index contributed by atoms with van der Waals surface area (Å²) in [6.45, 7) is 10.0. The molecule has 0 bridgehead atoms. The Hall–Kier alpha value is -0.170. The fraction of sp³-hybridized carbons (Fsp3) is 0.600. The molecule has 0 rings (SSSR count). The highest BCUT2D eigenvalue weighted by molar-refractivity contribution is 7.82. The van der Waals surface area contributed by atoms with Gasteiger partial charge in [-0.2, -0.15) is 12.6 Å². The van der Waals surface area contributed by atoms with Gasteiger partial charge in [-0.3, -0.25) is 0 Å². The average Bonchev–Trinajstić information content (AvgIpc) is 1.87. The van der Waals surface area contributed by atoms with Gasteiger partial charge in [-0.1, -0.05) is 17.7 Å². The standard InChI is InChI=1S/C10H18S/c1-5-10(4,11)8-6-7-9(2)3/h5,7,11H,1,6,8H2,2-4H3. The summed E-state index contributed by atoms with van der Waals surface area (Å²) in [6, 6.07) is 0. The van der Waals surface area contributed by atoms with Crippen LogP contribution in [0.5, 0.6) is 0 Å². The number of thiol groups is 1. The fourth-order valence-corrected chi connectivity index (χ4v) is 0.884. The van der Waals surface area contributed by atoms with Crippen LogP contribution in [0.25, 0.3) is 0 Å². The van der Waals surface area contributed by atoms with E-state index in [1.807, 2.05) is 6.08 Å². The van der Waals surface area contributed by atoms with Crippen molar-refractivity contribution in [2.24, 2.45) is 0 Å². The Morgan fingerprint density at radius 3 is 2.45 bits per heavy atom. The minimum atomic E-state index is -0.00799. The molecule has 0 aliphatic heterocycles. The van der Waals surface area contributed by atoms with Crippen LogP contribution in [-0.2, 0) is 0 Å². The molecule has 1 heteroatoms. The monoisotopic (exact) mass is 170 g/mol. The van der Waals surface area contributed by atoms with Crippen LogP contribution in [0.1, 0.15) is 33.6 Å². The van der Waals surface area contributed by atoms with E-state index in [-0.39, 0.29) is 4.75 Å². The smallest absolute Gasteiger partial charge is 0.0280 e. The first-order valence-corrected chi connectivity index (χ1v) is 4.42. The Morgan fingerprint density at radius 2 is 2.09 bits per heavy atom. The van der Waals surface area contributed by atoms with Crippen molar-refractivity contribution in [3.8, 4) is 0 Å². The number of allylic oxidation sites excluding steroid dienone is 2. The molecular formula is C10H18S. The van der Waals surface area contributed by atoms with Crippen molar-refractivity contribution in [1.82, 2.24) is 0 Å². The third-order valence-corrected chi connectivity index (χ3v) is 2.05. The van der Waals surface area contributed by atoms with Gasteiger partial charge in [-0.25, -0.2) is 0 Å². The Kier molecular flexibility index (Phi) is 4.58. The SMILES string of the molecule is C=CC(C)(S)CCC=C(C)C. The van der Waals surface area contributed by atoms with Crippen LogP contribution in [0.2, 0.25) is 0 Å². The lowest BCUT2D eigenvalue weighted by molar-refractivity contribution is 0.714. The molecule has 11 heavy (non-hydrogen) atoms. The molecule has 0 aliphatic rings. The van der Waals surface area contributed by atoms with Crippen LogP contribution in [0.15, 0.2) is 24.3 Å². The lowest BCUT2D eigenvalue weighted by Gasteiger charge is -2.16. The van der Waals surface area contributed by atoms with E-state index in [2.05, 4.69) is 46.1 Å². The van der Waals surface area contributed by atoms with Crippen molar-refractivity contribution in [3.05, 3.63) is 24.3 Å². The van der Waals surface area contributed by atoms with Gasteiger partial charge in [0, 0.05) is 4.75 Å². The van der Waals surface area contributed by atoms with Gasteiger partial charge in [-0.05, 0) is 33.6 Å². The second-order valence-corrected chi connectivity index (χ2v) is 4.40. The van der Waals surface area contributed by atoms with Crippen LogP contribution in [-0.4, -0.2) is 4.75 Å². The van der Waals surface area contributed by atoms with Gasteiger partial charge < -0.3 is 0 Å². The van der Waals surface area contributed by atoms with Crippen LogP contribution < -0.4 is 0 Å². The summed E-state index contributed by atoms with van der Waals surface area (Å²) in [5.74, 6) is 0. The predicted octanol–water partition coefficient (Wildman–Crippen LogP) is 3.61. The summed E-state index contributed by atoms with van der Waals surface area (Å²) in [5.41, 5.74) is 1.37. The van der Waals surface area contributed by atoms with E-state index in [1.165, 1.54) is 5.57 Å². The van der Waals surface area contributed by atoms with Crippen molar-refractivity contribution in [2.75, 3.05) is 0 Å². The summed E-state index contributed by atoms with van der Waals surface area (Å²) in [5, 5.41) is 0. The number of hydrogen-bond donors (Lipinski definition) is 1. The molecule has 0 aromatic carbocycles. The van der Waals surface area contributed by atoms with Crippen molar-refractivity contribution < 1.29 is 0 Å². The number of hydrogen-bond acceptors (Lipinski definition) is 1. The highest BCUT2D eigenvalue weighted by Crippen LogP contribution is 2.21. The third kappa shape index (κ3) is 6.24. The van der Waals surface area contributed by atoms with E-state index in [4.69, 9.17) is 0 Å². The van der Waals surface area contributed by atoms with Crippen molar-refractivity contribution >= 4 is 12.6 Å². The number of rotatable bonds is 4. The minimum Gasteiger partial charge on any atom is -0.169 e. The van der Waals surface area contributed by atoms with E-state index < -0.39 is 0 Å². The fourth-order valence-electron chi connectivity index (χ4n) is 0.755. The Bertz CT molecular complexity index is 150.